The van der Waals surface area contributed by atoms with Gasteiger partial charge in [0.2, 0.25) is 6.08 Å². The molecular formula is C10H19NO2. The number of hydrogen-bond acceptors (Lipinski definition) is 3. The Hall–Kier alpha value is -0.660. The molecule has 0 bridgehead atoms. The van der Waals surface area contributed by atoms with Gasteiger partial charge in [-0.15, -0.1) is 0 Å². The van der Waals surface area contributed by atoms with Crippen molar-refractivity contribution >= 4 is 6.08 Å². The van der Waals surface area contributed by atoms with Gasteiger partial charge in [-0.3, -0.25) is 0 Å². The Kier molecular flexibility index (Phi) is 8.95. The number of hydrogen-bond donors (Lipinski definition) is 0. The molecule has 76 valence electrons. The van der Waals surface area contributed by atoms with Gasteiger partial charge in [-0.25, -0.2) is 4.79 Å². The van der Waals surface area contributed by atoms with Crippen LogP contribution in [0.3, 0.4) is 0 Å². The van der Waals surface area contributed by atoms with Crippen LogP contribution >= 0.6 is 0 Å². The molecule has 0 aliphatic carbocycles. The highest BCUT2D eigenvalue weighted by Gasteiger charge is 2.04. The zero-order chi connectivity index (χ0) is 9.94. The van der Waals surface area contributed by atoms with E-state index in [1.54, 1.807) is 6.08 Å². The molecule has 0 saturated heterocycles. The highest BCUT2D eigenvalue weighted by atomic mass is 16.5. The Bertz CT molecular complexity index is 153. The molecule has 0 N–H and O–H groups in total. The van der Waals surface area contributed by atoms with Crippen molar-refractivity contribution in [3.05, 3.63) is 0 Å². The Morgan fingerprint density at radius 2 is 2.08 bits per heavy atom. The molecule has 0 aliphatic rings. The molecule has 3 heteroatoms. The van der Waals surface area contributed by atoms with Crippen LogP contribution in [0, 0.1) is 0 Å². The van der Waals surface area contributed by atoms with Crippen molar-refractivity contribution in [3.8, 4) is 0 Å². The molecule has 1 unspecified atom stereocenters. The van der Waals surface area contributed by atoms with Gasteiger partial charge in [0.1, 0.15) is 0 Å². The van der Waals surface area contributed by atoms with E-state index in [0.29, 0.717) is 6.61 Å². The highest BCUT2D eigenvalue weighted by molar-refractivity contribution is 5.33. The lowest BCUT2D eigenvalue weighted by molar-refractivity contribution is 0.0524. The van der Waals surface area contributed by atoms with Crippen molar-refractivity contribution in [1.29, 1.82) is 0 Å². The fourth-order valence-corrected chi connectivity index (χ4v) is 1.07. The maximum Gasteiger partial charge on any atom is 0.237 e. The third kappa shape index (κ3) is 7.69. The SMILES string of the molecule is CCCCCC(N=C=O)OCCC. The van der Waals surface area contributed by atoms with Crippen LogP contribution in [0.5, 0.6) is 0 Å². The molecule has 0 radical (unpaired) electrons. The number of ether oxygens (including phenoxy) is 1. The van der Waals surface area contributed by atoms with Crippen LogP contribution in [0.4, 0.5) is 0 Å². The molecule has 0 aromatic heterocycles. The Morgan fingerprint density at radius 1 is 1.31 bits per heavy atom. The summed E-state index contributed by atoms with van der Waals surface area (Å²) in [6, 6.07) is 0. The van der Waals surface area contributed by atoms with E-state index in [2.05, 4.69) is 11.9 Å². The Labute approximate surface area is 80.2 Å². The van der Waals surface area contributed by atoms with Crippen LogP contribution in [0.15, 0.2) is 4.99 Å². The van der Waals surface area contributed by atoms with Crippen molar-refractivity contribution < 1.29 is 9.53 Å². The molecule has 0 aliphatic heterocycles. The van der Waals surface area contributed by atoms with E-state index in [1.165, 1.54) is 12.8 Å². The summed E-state index contributed by atoms with van der Waals surface area (Å²) >= 11 is 0. The maximum absolute atomic E-state index is 10.0. The van der Waals surface area contributed by atoms with Crippen LogP contribution in [0.1, 0.15) is 46.0 Å². The quantitative estimate of drug-likeness (QED) is 0.331. The first-order valence-corrected chi connectivity index (χ1v) is 5.03. The van der Waals surface area contributed by atoms with E-state index in [-0.39, 0.29) is 6.23 Å². The number of carbonyl (C=O) groups excluding carboxylic acids is 1. The minimum Gasteiger partial charge on any atom is -0.356 e. The fourth-order valence-electron chi connectivity index (χ4n) is 1.07. The first kappa shape index (κ1) is 12.3. The zero-order valence-corrected chi connectivity index (χ0v) is 8.58. The molecule has 3 nitrogen and oxygen atoms in total. The maximum atomic E-state index is 10.0. The van der Waals surface area contributed by atoms with Gasteiger partial charge in [-0.2, -0.15) is 4.99 Å². The van der Waals surface area contributed by atoms with E-state index in [4.69, 9.17) is 4.74 Å². The summed E-state index contributed by atoms with van der Waals surface area (Å²) in [4.78, 5) is 13.6. The van der Waals surface area contributed by atoms with Crippen LogP contribution in [-0.2, 0) is 9.53 Å². The fraction of sp³-hybridized carbons (Fsp3) is 0.900. The Balaban J connectivity index is 3.60. The van der Waals surface area contributed by atoms with Gasteiger partial charge in [0.15, 0.2) is 6.23 Å². The van der Waals surface area contributed by atoms with Gasteiger partial charge >= 0.3 is 0 Å². The number of rotatable bonds is 8. The number of unbranched alkanes of at least 4 members (excludes halogenated alkanes) is 2. The monoisotopic (exact) mass is 185 g/mol. The van der Waals surface area contributed by atoms with Gasteiger partial charge in [0.25, 0.3) is 0 Å². The smallest absolute Gasteiger partial charge is 0.237 e. The predicted molar refractivity (Wildman–Crippen MR) is 52.3 cm³/mol. The van der Waals surface area contributed by atoms with Crippen molar-refractivity contribution in [2.24, 2.45) is 4.99 Å². The van der Waals surface area contributed by atoms with Crippen molar-refractivity contribution in [2.45, 2.75) is 52.2 Å². The van der Waals surface area contributed by atoms with Gasteiger partial charge in [-0.05, 0) is 19.3 Å². The second kappa shape index (κ2) is 9.43. The summed E-state index contributed by atoms with van der Waals surface area (Å²) < 4.78 is 5.35. The number of aliphatic imine (C=N–C) groups is 1. The van der Waals surface area contributed by atoms with Gasteiger partial charge in [-0.1, -0.05) is 26.7 Å². The van der Waals surface area contributed by atoms with Gasteiger partial charge < -0.3 is 4.74 Å². The average Bonchev–Trinajstić information content (AvgIpc) is 2.14. The van der Waals surface area contributed by atoms with Crippen LogP contribution in [0.2, 0.25) is 0 Å². The van der Waals surface area contributed by atoms with E-state index >= 15 is 0 Å². The van der Waals surface area contributed by atoms with Gasteiger partial charge in [0.05, 0.1) is 0 Å². The molecule has 0 spiro atoms. The molecular weight excluding hydrogens is 166 g/mol. The summed E-state index contributed by atoms with van der Waals surface area (Å²) in [5.74, 6) is 0. The second-order valence-electron chi connectivity index (χ2n) is 3.04. The molecule has 0 aromatic carbocycles. The Morgan fingerprint density at radius 3 is 2.62 bits per heavy atom. The first-order chi connectivity index (χ1) is 6.35. The number of isocyanates is 1. The van der Waals surface area contributed by atoms with Crippen LogP contribution < -0.4 is 0 Å². The second-order valence-corrected chi connectivity index (χ2v) is 3.04. The molecule has 0 rings (SSSR count). The molecule has 13 heavy (non-hydrogen) atoms. The summed E-state index contributed by atoms with van der Waals surface area (Å²) in [5.41, 5.74) is 0. The minimum absolute atomic E-state index is 0.260. The van der Waals surface area contributed by atoms with Crippen molar-refractivity contribution in [1.82, 2.24) is 0 Å². The van der Waals surface area contributed by atoms with Crippen molar-refractivity contribution in [2.75, 3.05) is 6.61 Å². The normalized spacial score (nSPS) is 12.2. The average molecular weight is 185 g/mol. The predicted octanol–water partition coefficient (Wildman–Crippen LogP) is 2.66. The van der Waals surface area contributed by atoms with Crippen LogP contribution in [-0.4, -0.2) is 18.9 Å². The molecule has 0 saturated carbocycles. The standard InChI is InChI=1S/C10H19NO2/c1-3-5-6-7-10(11-9-12)13-8-4-2/h10H,3-8H2,1-2H3. The molecule has 0 aromatic rings. The lowest BCUT2D eigenvalue weighted by Gasteiger charge is -2.10. The third-order valence-electron chi connectivity index (χ3n) is 1.77. The lowest BCUT2D eigenvalue weighted by atomic mass is 10.2. The van der Waals surface area contributed by atoms with E-state index in [1.807, 2.05) is 6.92 Å². The zero-order valence-electron chi connectivity index (χ0n) is 8.58. The molecule has 0 amide bonds. The van der Waals surface area contributed by atoms with E-state index < -0.39 is 0 Å². The summed E-state index contributed by atoms with van der Waals surface area (Å²) in [7, 11) is 0. The summed E-state index contributed by atoms with van der Waals surface area (Å²) in [6.07, 6.45) is 6.49. The minimum atomic E-state index is -0.260. The molecule has 1 atom stereocenters. The van der Waals surface area contributed by atoms with Gasteiger partial charge in [0, 0.05) is 6.61 Å². The summed E-state index contributed by atoms with van der Waals surface area (Å²) in [5, 5.41) is 0. The summed E-state index contributed by atoms with van der Waals surface area (Å²) in [6.45, 7) is 4.85. The molecule has 0 heterocycles. The van der Waals surface area contributed by atoms with E-state index in [9.17, 15) is 4.79 Å². The van der Waals surface area contributed by atoms with E-state index in [0.717, 1.165) is 19.3 Å². The number of nitrogens with zero attached hydrogens (tertiary/aromatic N) is 1. The largest absolute Gasteiger partial charge is 0.356 e. The topological polar surface area (TPSA) is 38.7 Å². The van der Waals surface area contributed by atoms with Crippen LogP contribution in [0.25, 0.3) is 0 Å². The van der Waals surface area contributed by atoms with Crippen molar-refractivity contribution in [3.63, 3.8) is 0 Å². The third-order valence-corrected chi connectivity index (χ3v) is 1.77. The highest BCUT2D eigenvalue weighted by Crippen LogP contribution is 2.07. The first-order valence-electron chi connectivity index (χ1n) is 5.03. The molecule has 0 fully saturated rings. The lowest BCUT2D eigenvalue weighted by Crippen LogP contribution is -2.10.